The van der Waals surface area contributed by atoms with Gasteiger partial charge in [-0.3, -0.25) is 5.32 Å². The number of methoxy groups -OCH3 is 1. The van der Waals surface area contributed by atoms with E-state index < -0.39 is 0 Å². The number of ether oxygens (including phenoxy) is 1. The summed E-state index contributed by atoms with van der Waals surface area (Å²) in [6.45, 7) is 4.79. The fraction of sp³-hybridized carbons (Fsp3) is 0.286. The van der Waals surface area contributed by atoms with E-state index in [-0.39, 0.29) is 17.7 Å². The molecule has 0 bridgehead atoms. The van der Waals surface area contributed by atoms with Crippen molar-refractivity contribution in [3.63, 3.8) is 0 Å². The third-order valence-electron chi connectivity index (χ3n) is 5.03. The number of halogens is 2. The molecule has 3 aromatic rings. The Morgan fingerprint density at radius 3 is 2.33 bits per heavy atom. The van der Waals surface area contributed by atoms with Crippen molar-refractivity contribution in [3.8, 4) is 5.88 Å². The second-order valence-corrected chi connectivity index (χ2v) is 7.89. The molecule has 9 heteroatoms. The summed E-state index contributed by atoms with van der Waals surface area (Å²) in [6.07, 6.45) is 0. The maximum absolute atomic E-state index is 12.8. The molecule has 7 nitrogen and oxygen atoms in total. The normalized spacial score (nSPS) is 14.1. The van der Waals surface area contributed by atoms with Crippen LogP contribution in [0.15, 0.2) is 36.4 Å². The lowest BCUT2D eigenvalue weighted by Gasteiger charge is -2.36. The molecule has 2 aromatic carbocycles. The first kappa shape index (κ1) is 20.5. The van der Waals surface area contributed by atoms with Gasteiger partial charge in [0.05, 0.1) is 28.2 Å². The average Bonchev–Trinajstić information content (AvgIpc) is 2.74. The standard InChI is InChI=1S/C21H21Cl2N5O2/c1-13-4-3-5-14(10-13)27-6-8-28(9-7-27)21(29)26-19-20(30-2)25-18-12-16(23)15(22)11-17(18)24-19/h3-5,10-12H,6-9H2,1-2H3,(H,24,26,29). The van der Waals surface area contributed by atoms with Gasteiger partial charge in [0.2, 0.25) is 0 Å². The lowest BCUT2D eigenvalue weighted by molar-refractivity contribution is 0.208. The number of nitrogens with one attached hydrogen (secondary N) is 1. The number of piperazine rings is 1. The number of aromatic nitrogens is 2. The Labute approximate surface area is 184 Å². The van der Waals surface area contributed by atoms with Gasteiger partial charge >= 0.3 is 6.03 Å². The highest BCUT2D eigenvalue weighted by molar-refractivity contribution is 6.42. The summed E-state index contributed by atoms with van der Waals surface area (Å²) < 4.78 is 5.31. The van der Waals surface area contributed by atoms with Crippen molar-refractivity contribution in [2.45, 2.75) is 6.92 Å². The molecule has 30 heavy (non-hydrogen) atoms. The molecule has 2 heterocycles. The van der Waals surface area contributed by atoms with Crippen LogP contribution >= 0.6 is 23.2 Å². The van der Waals surface area contributed by atoms with Crippen LogP contribution in [0.5, 0.6) is 5.88 Å². The van der Waals surface area contributed by atoms with Crippen LogP contribution in [0.3, 0.4) is 0 Å². The van der Waals surface area contributed by atoms with Crippen LogP contribution < -0.4 is 15.0 Å². The lowest BCUT2D eigenvalue weighted by Crippen LogP contribution is -2.50. The van der Waals surface area contributed by atoms with Gasteiger partial charge < -0.3 is 14.5 Å². The Morgan fingerprint density at radius 1 is 1.03 bits per heavy atom. The summed E-state index contributed by atoms with van der Waals surface area (Å²) in [5.41, 5.74) is 3.44. The largest absolute Gasteiger partial charge is 0.478 e. The number of nitrogens with zero attached hydrogens (tertiary/aromatic N) is 4. The van der Waals surface area contributed by atoms with Crippen molar-refractivity contribution in [2.24, 2.45) is 0 Å². The highest BCUT2D eigenvalue weighted by atomic mass is 35.5. The Kier molecular flexibility index (Phi) is 5.83. The minimum atomic E-state index is -0.245. The number of benzene rings is 2. The molecule has 1 saturated heterocycles. The number of amides is 2. The summed E-state index contributed by atoms with van der Waals surface area (Å²) in [5.74, 6) is 0.460. The molecule has 0 spiro atoms. The van der Waals surface area contributed by atoms with Gasteiger partial charge in [0.1, 0.15) is 0 Å². The predicted octanol–water partition coefficient (Wildman–Crippen LogP) is 4.61. The summed E-state index contributed by atoms with van der Waals surface area (Å²) in [7, 11) is 1.48. The van der Waals surface area contributed by atoms with Gasteiger partial charge in [-0.15, -0.1) is 0 Å². The highest BCUT2D eigenvalue weighted by Crippen LogP contribution is 2.30. The fourth-order valence-electron chi connectivity index (χ4n) is 3.43. The van der Waals surface area contributed by atoms with Crippen LogP contribution in [0.25, 0.3) is 11.0 Å². The number of urea groups is 1. The zero-order valence-corrected chi connectivity index (χ0v) is 18.2. The first-order valence-electron chi connectivity index (χ1n) is 9.53. The van der Waals surface area contributed by atoms with E-state index in [2.05, 4.69) is 45.3 Å². The van der Waals surface area contributed by atoms with E-state index in [1.54, 1.807) is 17.0 Å². The number of hydrogen-bond donors (Lipinski definition) is 1. The zero-order valence-electron chi connectivity index (χ0n) is 16.7. The molecule has 0 atom stereocenters. The smallest absolute Gasteiger partial charge is 0.323 e. The summed E-state index contributed by atoms with van der Waals surface area (Å²) >= 11 is 12.1. The number of carbonyl (C=O) groups excluding carboxylic acids is 1. The molecular formula is C21H21Cl2N5O2. The molecule has 1 aliphatic heterocycles. The van der Waals surface area contributed by atoms with Crippen LogP contribution in [0, 0.1) is 6.92 Å². The molecule has 1 aromatic heterocycles. The van der Waals surface area contributed by atoms with Gasteiger partial charge in [0, 0.05) is 31.9 Å². The minimum absolute atomic E-state index is 0.215. The van der Waals surface area contributed by atoms with E-state index in [9.17, 15) is 4.79 Å². The molecule has 0 aliphatic carbocycles. The van der Waals surface area contributed by atoms with E-state index in [4.69, 9.17) is 27.9 Å². The van der Waals surface area contributed by atoms with E-state index in [1.807, 2.05) is 6.07 Å². The van der Waals surface area contributed by atoms with Gasteiger partial charge in [-0.1, -0.05) is 35.3 Å². The number of fused-ring (bicyclic) bond motifs is 1. The SMILES string of the molecule is COc1nc2cc(Cl)c(Cl)cc2nc1NC(=O)N1CCN(c2cccc(C)c2)CC1. The van der Waals surface area contributed by atoms with Crippen molar-refractivity contribution in [1.29, 1.82) is 0 Å². The second-order valence-electron chi connectivity index (χ2n) is 7.08. The summed E-state index contributed by atoms with van der Waals surface area (Å²) in [6, 6.07) is 11.4. The van der Waals surface area contributed by atoms with Gasteiger partial charge in [-0.25, -0.2) is 14.8 Å². The number of carbonyl (C=O) groups is 1. The minimum Gasteiger partial charge on any atom is -0.478 e. The zero-order chi connectivity index (χ0) is 21.3. The van der Waals surface area contributed by atoms with Gasteiger partial charge in [0.25, 0.3) is 5.88 Å². The molecule has 2 amide bonds. The van der Waals surface area contributed by atoms with Crippen molar-refractivity contribution in [1.82, 2.24) is 14.9 Å². The van der Waals surface area contributed by atoms with Crippen molar-refractivity contribution < 1.29 is 9.53 Å². The van der Waals surface area contributed by atoms with Crippen LogP contribution in [0.4, 0.5) is 16.3 Å². The summed E-state index contributed by atoms with van der Waals surface area (Å²) in [4.78, 5) is 25.7. The molecule has 156 valence electrons. The van der Waals surface area contributed by atoms with Gasteiger partial charge in [0.15, 0.2) is 5.82 Å². The third-order valence-corrected chi connectivity index (χ3v) is 5.75. The van der Waals surface area contributed by atoms with E-state index >= 15 is 0 Å². The van der Waals surface area contributed by atoms with Crippen LogP contribution in [-0.4, -0.2) is 54.2 Å². The number of anilines is 2. The van der Waals surface area contributed by atoms with Crippen LogP contribution in [0.2, 0.25) is 10.0 Å². The van der Waals surface area contributed by atoms with E-state index in [1.165, 1.54) is 18.4 Å². The van der Waals surface area contributed by atoms with Crippen molar-refractivity contribution >= 4 is 51.8 Å². The van der Waals surface area contributed by atoms with E-state index in [0.29, 0.717) is 34.2 Å². The highest BCUT2D eigenvalue weighted by Gasteiger charge is 2.23. The summed E-state index contributed by atoms with van der Waals surface area (Å²) in [5, 5.41) is 3.56. The van der Waals surface area contributed by atoms with E-state index in [0.717, 1.165) is 13.1 Å². The monoisotopic (exact) mass is 445 g/mol. The molecule has 0 radical (unpaired) electrons. The Bertz CT molecular complexity index is 1100. The maximum Gasteiger partial charge on any atom is 0.323 e. The quantitative estimate of drug-likeness (QED) is 0.637. The molecule has 1 fully saturated rings. The van der Waals surface area contributed by atoms with Crippen molar-refractivity contribution in [2.75, 3.05) is 43.5 Å². The molecule has 1 aliphatic rings. The predicted molar refractivity (Wildman–Crippen MR) is 120 cm³/mol. The van der Waals surface area contributed by atoms with Crippen molar-refractivity contribution in [3.05, 3.63) is 52.0 Å². The first-order valence-corrected chi connectivity index (χ1v) is 10.3. The van der Waals surface area contributed by atoms with Crippen LogP contribution in [-0.2, 0) is 0 Å². The van der Waals surface area contributed by atoms with Gasteiger partial charge in [-0.2, -0.15) is 0 Å². The Morgan fingerprint density at radius 2 is 1.70 bits per heavy atom. The lowest BCUT2D eigenvalue weighted by atomic mass is 10.2. The first-order chi connectivity index (χ1) is 14.4. The number of aryl methyl sites for hydroxylation is 1. The fourth-order valence-corrected chi connectivity index (χ4v) is 3.75. The number of rotatable bonds is 3. The Hall–Kier alpha value is -2.77. The van der Waals surface area contributed by atoms with Gasteiger partial charge in [-0.05, 0) is 36.8 Å². The molecular weight excluding hydrogens is 425 g/mol. The topological polar surface area (TPSA) is 70.6 Å². The Balaban J connectivity index is 1.47. The molecule has 0 saturated carbocycles. The van der Waals surface area contributed by atoms with Crippen LogP contribution in [0.1, 0.15) is 5.56 Å². The third kappa shape index (κ3) is 4.22. The molecule has 1 N–H and O–H groups in total. The maximum atomic E-state index is 12.8. The molecule has 4 rings (SSSR count). The average molecular weight is 446 g/mol. The second kappa shape index (κ2) is 8.53. The number of hydrogen-bond acceptors (Lipinski definition) is 5. The molecule has 0 unspecified atom stereocenters.